The summed E-state index contributed by atoms with van der Waals surface area (Å²) in [5.41, 5.74) is 0.810. The second-order valence-corrected chi connectivity index (χ2v) is 6.77. The van der Waals surface area contributed by atoms with Crippen LogP contribution in [0.1, 0.15) is 59.4 Å². The lowest BCUT2D eigenvalue weighted by Gasteiger charge is -2.35. The van der Waals surface area contributed by atoms with Crippen LogP contribution in [0, 0.1) is 19.8 Å². The van der Waals surface area contributed by atoms with Crippen LogP contribution in [0.4, 0.5) is 0 Å². The van der Waals surface area contributed by atoms with E-state index in [-0.39, 0.29) is 6.04 Å². The molecule has 2 aromatic heterocycles. The van der Waals surface area contributed by atoms with E-state index in [9.17, 15) is 4.79 Å². The molecule has 0 unspecified atom stereocenters. The van der Waals surface area contributed by atoms with E-state index >= 15 is 0 Å². The Morgan fingerprint density at radius 1 is 1.48 bits per heavy atom. The molecule has 0 spiro atoms. The molecule has 1 saturated heterocycles. The van der Waals surface area contributed by atoms with Gasteiger partial charge in [0.1, 0.15) is 5.76 Å². The highest BCUT2D eigenvalue weighted by molar-refractivity contribution is 5.87. The van der Waals surface area contributed by atoms with Gasteiger partial charge in [0.15, 0.2) is 5.82 Å². The second kappa shape index (κ2) is 7.39. The van der Waals surface area contributed by atoms with Crippen LogP contribution in [-0.4, -0.2) is 41.2 Å². The molecule has 0 N–H and O–H groups in total. The van der Waals surface area contributed by atoms with E-state index in [4.69, 9.17) is 13.7 Å². The average molecular weight is 347 g/mol. The van der Waals surface area contributed by atoms with Crippen LogP contribution in [0.5, 0.6) is 0 Å². The Kier molecular flexibility index (Phi) is 5.22. The Hall–Kier alpha value is -2.15. The summed E-state index contributed by atoms with van der Waals surface area (Å²) in [6, 6.07) is 2.04. The zero-order chi connectivity index (χ0) is 18.0. The molecule has 0 radical (unpaired) electrons. The van der Waals surface area contributed by atoms with Crippen molar-refractivity contribution in [2.24, 2.45) is 5.92 Å². The van der Waals surface area contributed by atoms with E-state index in [1.807, 2.05) is 19.9 Å². The van der Waals surface area contributed by atoms with E-state index in [0.29, 0.717) is 17.6 Å². The molecular weight excluding hydrogens is 322 g/mol. The Morgan fingerprint density at radius 2 is 2.28 bits per heavy atom. The molecule has 3 heterocycles. The third-order valence-electron chi connectivity index (χ3n) is 4.86. The number of hydrogen-bond donors (Lipinski definition) is 0. The first-order valence-electron chi connectivity index (χ1n) is 8.69. The van der Waals surface area contributed by atoms with Gasteiger partial charge in [-0.15, -0.1) is 0 Å². The summed E-state index contributed by atoms with van der Waals surface area (Å²) in [7, 11) is 1.36. The molecule has 136 valence electrons. The normalized spacial score (nSPS) is 19.8. The number of aryl methyl sites for hydroxylation is 2. The number of ether oxygens (including phenoxy) is 1. The molecule has 0 saturated carbocycles. The summed E-state index contributed by atoms with van der Waals surface area (Å²) in [6.45, 7) is 7.74. The van der Waals surface area contributed by atoms with Crippen LogP contribution in [0.2, 0.25) is 0 Å². The average Bonchev–Trinajstić information content (AvgIpc) is 3.19. The zero-order valence-electron chi connectivity index (χ0n) is 15.2. The lowest BCUT2D eigenvalue weighted by molar-refractivity contribution is 0.0554. The molecule has 0 amide bonds. The van der Waals surface area contributed by atoms with Crippen LogP contribution in [-0.2, 0) is 11.2 Å². The van der Waals surface area contributed by atoms with Gasteiger partial charge in [-0.3, -0.25) is 4.90 Å². The smallest absolute Gasteiger partial charge is 0.374 e. The summed E-state index contributed by atoms with van der Waals surface area (Å²) in [4.78, 5) is 18.5. The van der Waals surface area contributed by atoms with Crippen molar-refractivity contribution >= 4 is 5.97 Å². The standard InChI is InChI=1S/C18H25N3O4/c1-11-8-15(24-17(11)18(22)23-4)12(2)21-7-5-6-14(10-21)9-16-19-13(3)25-20-16/h8,12,14H,5-7,9-10H2,1-4H3/t12-,14-/m0/s1. The molecule has 7 nitrogen and oxygen atoms in total. The highest BCUT2D eigenvalue weighted by Gasteiger charge is 2.28. The molecule has 3 rings (SSSR count). The number of carbonyl (C=O) groups is 1. The van der Waals surface area contributed by atoms with Crippen molar-refractivity contribution in [3.63, 3.8) is 0 Å². The van der Waals surface area contributed by atoms with Gasteiger partial charge in [-0.1, -0.05) is 5.16 Å². The van der Waals surface area contributed by atoms with E-state index < -0.39 is 5.97 Å². The number of carbonyl (C=O) groups excluding carboxylic acids is 1. The largest absolute Gasteiger partial charge is 0.463 e. The van der Waals surface area contributed by atoms with Crippen molar-refractivity contribution < 1.29 is 18.5 Å². The van der Waals surface area contributed by atoms with Gasteiger partial charge in [-0.05, 0) is 45.2 Å². The number of likely N-dealkylation sites (tertiary alicyclic amines) is 1. The Labute approximate surface area is 147 Å². The van der Waals surface area contributed by atoms with Gasteiger partial charge in [-0.2, -0.15) is 4.98 Å². The van der Waals surface area contributed by atoms with Crippen molar-refractivity contribution in [1.82, 2.24) is 15.0 Å². The van der Waals surface area contributed by atoms with Gasteiger partial charge in [0.05, 0.1) is 13.2 Å². The number of methoxy groups -OCH3 is 1. The van der Waals surface area contributed by atoms with Gasteiger partial charge < -0.3 is 13.7 Å². The minimum atomic E-state index is -0.431. The number of furan rings is 1. The maximum Gasteiger partial charge on any atom is 0.374 e. The predicted molar refractivity (Wildman–Crippen MR) is 90.2 cm³/mol. The number of aromatic nitrogens is 2. The van der Waals surface area contributed by atoms with Gasteiger partial charge in [0, 0.05) is 25.5 Å². The third kappa shape index (κ3) is 3.92. The minimum Gasteiger partial charge on any atom is -0.463 e. The van der Waals surface area contributed by atoms with Crippen molar-refractivity contribution in [3.8, 4) is 0 Å². The summed E-state index contributed by atoms with van der Waals surface area (Å²) < 4.78 is 15.6. The predicted octanol–water partition coefficient (Wildman–Crippen LogP) is 3.08. The van der Waals surface area contributed by atoms with Crippen LogP contribution in [0.25, 0.3) is 0 Å². The molecule has 0 aromatic carbocycles. The van der Waals surface area contributed by atoms with Crippen molar-refractivity contribution in [3.05, 3.63) is 34.9 Å². The number of hydrogen-bond acceptors (Lipinski definition) is 7. The maximum atomic E-state index is 11.8. The fourth-order valence-electron chi connectivity index (χ4n) is 3.49. The van der Waals surface area contributed by atoms with Gasteiger partial charge >= 0.3 is 5.97 Å². The molecule has 1 aliphatic rings. The Bertz CT molecular complexity index is 737. The summed E-state index contributed by atoms with van der Waals surface area (Å²) in [5.74, 6) is 2.54. The zero-order valence-corrected chi connectivity index (χ0v) is 15.2. The first-order valence-corrected chi connectivity index (χ1v) is 8.69. The molecule has 1 aliphatic heterocycles. The highest BCUT2D eigenvalue weighted by atomic mass is 16.5. The fraction of sp³-hybridized carbons (Fsp3) is 0.611. The lowest BCUT2D eigenvalue weighted by atomic mass is 9.93. The van der Waals surface area contributed by atoms with E-state index in [1.165, 1.54) is 7.11 Å². The molecule has 1 fully saturated rings. The topological polar surface area (TPSA) is 81.6 Å². The highest BCUT2D eigenvalue weighted by Crippen LogP contribution is 2.30. The van der Waals surface area contributed by atoms with Crippen molar-refractivity contribution in [2.75, 3.05) is 20.2 Å². The quantitative estimate of drug-likeness (QED) is 0.769. The molecular formula is C18H25N3O4. The van der Waals surface area contributed by atoms with Crippen LogP contribution in [0.3, 0.4) is 0 Å². The first-order chi connectivity index (χ1) is 12.0. The van der Waals surface area contributed by atoms with Gasteiger partial charge in [0.2, 0.25) is 11.7 Å². The number of rotatable bonds is 5. The SMILES string of the molecule is COC(=O)c1oc([C@H](C)N2CCC[C@@H](Cc3noc(C)n3)C2)cc1C. The molecule has 2 atom stereocenters. The molecule has 2 aromatic rings. The second-order valence-electron chi connectivity index (χ2n) is 6.77. The van der Waals surface area contributed by atoms with Gasteiger partial charge in [-0.25, -0.2) is 4.79 Å². The molecule has 25 heavy (non-hydrogen) atoms. The van der Waals surface area contributed by atoms with Crippen LogP contribution < -0.4 is 0 Å². The number of esters is 1. The summed E-state index contributed by atoms with van der Waals surface area (Å²) >= 11 is 0. The summed E-state index contributed by atoms with van der Waals surface area (Å²) in [6.07, 6.45) is 3.10. The Balaban J connectivity index is 1.67. The van der Waals surface area contributed by atoms with Crippen molar-refractivity contribution in [1.29, 1.82) is 0 Å². The maximum absolute atomic E-state index is 11.8. The molecule has 0 bridgehead atoms. The van der Waals surface area contributed by atoms with Crippen LogP contribution >= 0.6 is 0 Å². The minimum absolute atomic E-state index is 0.104. The van der Waals surface area contributed by atoms with E-state index in [0.717, 1.165) is 49.5 Å². The van der Waals surface area contributed by atoms with Gasteiger partial charge in [0.25, 0.3) is 0 Å². The van der Waals surface area contributed by atoms with E-state index in [2.05, 4.69) is 22.0 Å². The van der Waals surface area contributed by atoms with Crippen LogP contribution in [0.15, 0.2) is 15.0 Å². The number of piperidine rings is 1. The number of nitrogens with zero attached hydrogens (tertiary/aromatic N) is 3. The third-order valence-corrected chi connectivity index (χ3v) is 4.86. The summed E-state index contributed by atoms with van der Waals surface area (Å²) in [5, 5.41) is 4.01. The van der Waals surface area contributed by atoms with Crippen molar-refractivity contribution in [2.45, 2.75) is 46.1 Å². The molecule has 0 aliphatic carbocycles. The lowest BCUT2D eigenvalue weighted by Crippen LogP contribution is -2.38. The first kappa shape index (κ1) is 17.7. The monoisotopic (exact) mass is 347 g/mol. The fourth-order valence-corrected chi connectivity index (χ4v) is 3.49. The van der Waals surface area contributed by atoms with E-state index in [1.54, 1.807) is 0 Å². The molecule has 7 heteroatoms. The Morgan fingerprint density at radius 3 is 2.96 bits per heavy atom.